The lowest BCUT2D eigenvalue weighted by atomic mass is 10.1. The fourth-order valence-corrected chi connectivity index (χ4v) is 3.61. The summed E-state index contributed by atoms with van der Waals surface area (Å²) in [5.74, 6) is 0.583. The summed E-state index contributed by atoms with van der Waals surface area (Å²) < 4.78 is 1.94. The first-order valence-corrected chi connectivity index (χ1v) is 8.86. The molecule has 124 valence electrons. The molecule has 3 aromatic heterocycles. The van der Waals surface area contributed by atoms with Gasteiger partial charge in [-0.05, 0) is 37.6 Å². The summed E-state index contributed by atoms with van der Waals surface area (Å²) >= 11 is 1.49. The Morgan fingerprint density at radius 1 is 1.04 bits per heavy atom. The van der Waals surface area contributed by atoms with Crippen LogP contribution in [0.25, 0.3) is 16.9 Å². The van der Waals surface area contributed by atoms with Crippen LogP contribution in [-0.4, -0.2) is 15.3 Å². The highest BCUT2D eigenvalue weighted by atomic mass is 32.1. The zero-order valence-electron chi connectivity index (χ0n) is 14.0. The molecule has 1 N–H and O–H groups in total. The predicted molar refractivity (Wildman–Crippen MR) is 102 cm³/mol. The standard InChI is InChI=1S/C20H17N3OS/c1-13-7-6-12-23-18(13)21-17(15-8-4-3-5-9-15)19(23)22-20(24)16-11-10-14(2)25-16/h3-12H,1-2H3,(H,22,24). The minimum Gasteiger partial charge on any atom is -0.305 e. The second-order valence-electron chi connectivity index (χ2n) is 5.92. The summed E-state index contributed by atoms with van der Waals surface area (Å²) in [4.78, 5) is 19.3. The highest BCUT2D eigenvalue weighted by molar-refractivity contribution is 7.14. The lowest BCUT2D eigenvalue weighted by Crippen LogP contribution is -2.12. The van der Waals surface area contributed by atoms with Gasteiger partial charge in [-0.3, -0.25) is 9.20 Å². The van der Waals surface area contributed by atoms with Crippen molar-refractivity contribution in [3.05, 3.63) is 76.1 Å². The van der Waals surface area contributed by atoms with E-state index in [1.54, 1.807) is 0 Å². The molecule has 0 aliphatic rings. The van der Waals surface area contributed by atoms with Gasteiger partial charge in [-0.15, -0.1) is 11.3 Å². The molecule has 0 unspecified atom stereocenters. The Bertz CT molecular complexity index is 1060. The van der Waals surface area contributed by atoms with E-state index in [1.165, 1.54) is 11.3 Å². The molecule has 0 aliphatic carbocycles. The third-order valence-electron chi connectivity index (χ3n) is 4.09. The third kappa shape index (κ3) is 2.83. The number of carbonyl (C=O) groups is 1. The van der Waals surface area contributed by atoms with Crippen LogP contribution in [0.5, 0.6) is 0 Å². The van der Waals surface area contributed by atoms with Crippen molar-refractivity contribution in [1.29, 1.82) is 0 Å². The number of carbonyl (C=O) groups excluding carboxylic acids is 1. The van der Waals surface area contributed by atoms with E-state index in [1.807, 2.05) is 79.0 Å². The number of hydrogen-bond donors (Lipinski definition) is 1. The van der Waals surface area contributed by atoms with Crippen LogP contribution in [0.2, 0.25) is 0 Å². The van der Waals surface area contributed by atoms with E-state index in [9.17, 15) is 4.79 Å². The second kappa shape index (κ2) is 6.18. The lowest BCUT2D eigenvalue weighted by Gasteiger charge is -2.07. The van der Waals surface area contributed by atoms with Crippen molar-refractivity contribution in [1.82, 2.24) is 9.38 Å². The van der Waals surface area contributed by atoms with Gasteiger partial charge in [-0.1, -0.05) is 36.4 Å². The molecule has 1 amide bonds. The number of hydrogen-bond acceptors (Lipinski definition) is 3. The fraction of sp³-hybridized carbons (Fsp3) is 0.100. The SMILES string of the molecule is Cc1ccc(C(=O)Nc2c(-c3ccccc3)nc3c(C)cccn23)s1. The molecule has 4 rings (SSSR count). The molecule has 0 spiro atoms. The molecule has 1 aromatic carbocycles. The van der Waals surface area contributed by atoms with E-state index in [2.05, 4.69) is 5.32 Å². The first-order valence-electron chi connectivity index (χ1n) is 8.04. The van der Waals surface area contributed by atoms with E-state index in [0.717, 1.165) is 27.3 Å². The van der Waals surface area contributed by atoms with Crippen LogP contribution in [-0.2, 0) is 0 Å². The Morgan fingerprint density at radius 2 is 1.84 bits per heavy atom. The average molecular weight is 347 g/mol. The Kier molecular flexibility index (Phi) is 3.86. The van der Waals surface area contributed by atoms with Crippen molar-refractivity contribution in [3.63, 3.8) is 0 Å². The highest BCUT2D eigenvalue weighted by Gasteiger charge is 2.18. The van der Waals surface area contributed by atoms with Crippen LogP contribution in [0.4, 0.5) is 5.82 Å². The minimum atomic E-state index is -0.112. The molecule has 0 atom stereocenters. The van der Waals surface area contributed by atoms with Crippen LogP contribution in [0.15, 0.2) is 60.8 Å². The number of aryl methyl sites for hydroxylation is 2. The zero-order chi connectivity index (χ0) is 17.4. The summed E-state index contributed by atoms with van der Waals surface area (Å²) in [6.45, 7) is 4.01. The zero-order valence-corrected chi connectivity index (χ0v) is 14.8. The number of amides is 1. The monoisotopic (exact) mass is 347 g/mol. The summed E-state index contributed by atoms with van der Waals surface area (Å²) in [5, 5.41) is 3.06. The van der Waals surface area contributed by atoms with Gasteiger partial charge in [0.1, 0.15) is 17.2 Å². The molecule has 25 heavy (non-hydrogen) atoms. The molecule has 4 aromatic rings. The third-order valence-corrected chi connectivity index (χ3v) is 5.09. The summed E-state index contributed by atoms with van der Waals surface area (Å²) in [5.41, 5.74) is 3.66. The number of pyridine rings is 1. The maximum Gasteiger partial charge on any atom is 0.266 e. The van der Waals surface area contributed by atoms with Crippen LogP contribution in [0.1, 0.15) is 20.1 Å². The number of nitrogens with zero attached hydrogens (tertiary/aromatic N) is 2. The van der Waals surface area contributed by atoms with E-state index in [0.29, 0.717) is 10.7 Å². The molecule has 0 saturated heterocycles. The van der Waals surface area contributed by atoms with Crippen molar-refractivity contribution in [3.8, 4) is 11.3 Å². The number of nitrogens with one attached hydrogen (secondary N) is 1. The van der Waals surface area contributed by atoms with Gasteiger partial charge in [-0.2, -0.15) is 0 Å². The minimum absolute atomic E-state index is 0.112. The second-order valence-corrected chi connectivity index (χ2v) is 7.21. The molecule has 5 heteroatoms. The summed E-state index contributed by atoms with van der Waals surface area (Å²) in [7, 11) is 0. The quantitative estimate of drug-likeness (QED) is 0.571. The van der Waals surface area contributed by atoms with E-state index < -0.39 is 0 Å². The maximum absolute atomic E-state index is 12.7. The Balaban J connectivity index is 1.86. The van der Waals surface area contributed by atoms with Gasteiger partial charge >= 0.3 is 0 Å². The van der Waals surface area contributed by atoms with Crippen LogP contribution >= 0.6 is 11.3 Å². The number of anilines is 1. The maximum atomic E-state index is 12.7. The normalized spacial score (nSPS) is 11.0. The lowest BCUT2D eigenvalue weighted by molar-refractivity contribution is 0.103. The van der Waals surface area contributed by atoms with Gasteiger partial charge in [-0.25, -0.2) is 4.98 Å². The molecule has 0 fully saturated rings. The molecule has 0 saturated carbocycles. The first-order chi connectivity index (χ1) is 12.1. The fourth-order valence-electron chi connectivity index (χ4n) is 2.85. The van der Waals surface area contributed by atoms with Gasteiger partial charge in [0.05, 0.1) is 4.88 Å². The number of aromatic nitrogens is 2. The Morgan fingerprint density at radius 3 is 2.56 bits per heavy atom. The van der Waals surface area contributed by atoms with Crippen LogP contribution < -0.4 is 5.32 Å². The summed E-state index contributed by atoms with van der Waals surface area (Å²) in [6, 6.07) is 17.7. The molecular formula is C20H17N3OS. The average Bonchev–Trinajstić information content (AvgIpc) is 3.21. The van der Waals surface area contributed by atoms with Crippen molar-refractivity contribution in [2.75, 3.05) is 5.32 Å². The molecule has 4 nitrogen and oxygen atoms in total. The van der Waals surface area contributed by atoms with Gasteiger partial charge in [0.15, 0.2) is 0 Å². The number of thiophene rings is 1. The molecule has 0 bridgehead atoms. The van der Waals surface area contributed by atoms with Gasteiger partial charge < -0.3 is 5.32 Å². The number of imidazole rings is 1. The van der Waals surface area contributed by atoms with E-state index in [4.69, 9.17) is 4.98 Å². The molecule has 0 aliphatic heterocycles. The number of rotatable bonds is 3. The molecule has 3 heterocycles. The highest BCUT2D eigenvalue weighted by Crippen LogP contribution is 2.30. The molecular weight excluding hydrogens is 330 g/mol. The topological polar surface area (TPSA) is 46.4 Å². The van der Waals surface area contributed by atoms with Crippen molar-refractivity contribution >= 4 is 28.7 Å². The van der Waals surface area contributed by atoms with Crippen molar-refractivity contribution in [2.24, 2.45) is 0 Å². The van der Waals surface area contributed by atoms with Gasteiger partial charge in [0.2, 0.25) is 0 Å². The number of fused-ring (bicyclic) bond motifs is 1. The smallest absolute Gasteiger partial charge is 0.266 e. The molecule has 0 radical (unpaired) electrons. The van der Waals surface area contributed by atoms with Gasteiger partial charge in [0.25, 0.3) is 5.91 Å². The van der Waals surface area contributed by atoms with Gasteiger partial charge in [0, 0.05) is 16.6 Å². The largest absolute Gasteiger partial charge is 0.305 e. The van der Waals surface area contributed by atoms with Crippen LogP contribution in [0.3, 0.4) is 0 Å². The predicted octanol–water partition coefficient (Wildman–Crippen LogP) is 4.93. The first kappa shape index (κ1) is 15.6. The van der Waals surface area contributed by atoms with E-state index in [-0.39, 0.29) is 5.91 Å². The van der Waals surface area contributed by atoms with Crippen molar-refractivity contribution in [2.45, 2.75) is 13.8 Å². The summed E-state index contributed by atoms with van der Waals surface area (Å²) in [6.07, 6.45) is 1.93. The van der Waals surface area contributed by atoms with Crippen LogP contribution in [0, 0.1) is 13.8 Å². The Hall–Kier alpha value is -2.92. The number of benzene rings is 1. The van der Waals surface area contributed by atoms with Crippen molar-refractivity contribution < 1.29 is 4.79 Å². The Labute approximate surface area is 149 Å². The van der Waals surface area contributed by atoms with E-state index >= 15 is 0 Å².